The highest BCUT2D eigenvalue weighted by molar-refractivity contribution is 8.01. The van der Waals surface area contributed by atoms with E-state index in [0.717, 1.165) is 37.6 Å². The fraction of sp³-hybridized carbons (Fsp3) is 0.667. The molecule has 0 aromatic rings. The number of nitrogens with zero attached hydrogens (tertiary/aromatic N) is 1. The van der Waals surface area contributed by atoms with Crippen LogP contribution in [-0.4, -0.2) is 50.2 Å². The molecule has 0 aromatic heterocycles. The van der Waals surface area contributed by atoms with Gasteiger partial charge in [-0.3, -0.25) is 14.5 Å². The Hall–Kier alpha value is -1.21. The number of β-lactam (4-membered cyclic amide) rings is 1. The first kappa shape index (κ1) is 14.2. The topological polar surface area (TPSA) is 89.9 Å². The van der Waals surface area contributed by atoms with E-state index in [4.69, 9.17) is 5.11 Å². The van der Waals surface area contributed by atoms with Crippen LogP contribution in [0.4, 0.5) is 0 Å². The summed E-state index contributed by atoms with van der Waals surface area (Å²) in [5.41, 5.74) is 0. The number of rotatable bonds is 6. The molecule has 3 N–H and O–H groups in total. The smallest absolute Gasteiger partial charge is 0.324 e. The summed E-state index contributed by atoms with van der Waals surface area (Å²) in [5.74, 6) is -1.46. The molecule has 6 nitrogen and oxygen atoms in total. The van der Waals surface area contributed by atoms with E-state index in [-0.39, 0.29) is 23.1 Å². The van der Waals surface area contributed by atoms with E-state index >= 15 is 0 Å². The second-order valence-corrected chi connectivity index (χ2v) is 5.91. The Balaban J connectivity index is 1.93. The number of nitrogens with one attached hydrogen (secondary N) is 1. The molecule has 0 saturated carbocycles. The molecule has 2 heterocycles. The summed E-state index contributed by atoms with van der Waals surface area (Å²) >= 11 is 1.10. The molecule has 1 amide bonds. The van der Waals surface area contributed by atoms with Gasteiger partial charge in [-0.05, 0) is 13.0 Å². The Bertz CT molecular complexity index is 413. The summed E-state index contributed by atoms with van der Waals surface area (Å²) in [6, 6.07) is -0.340. The van der Waals surface area contributed by atoms with Gasteiger partial charge in [-0.25, -0.2) is 0 Å². The zero-order chi connectivity index (χ0) is 14.0. The van der Waals surface area contributed by atoms with E-state index in [0.29, 0.717) is 0 Å². The molecule has 0 bridgehead atoms. The highest BCUT2D eigenvalue weighted by Gasteiger charge is 2.51. The lowest BCUT2D eigenvalue weighted by atomic mass is 10.1. The van der Waals surface area contributed by atoms with E-state index in [2.05, 4.69) is 12.2 Å². The molecule has 2 rings (SSSR count). The van der Waals surface area contributed by atoms with Crippen molar-refractivity contribution < 1.29 is 19.8 Å². The maximum absolute atomic E-state index is 11.8. The lowest BCUT2D eigenvalue weighted by molar-refractivity contribution is -0.143. The van der Waals surface area contributed by atoms with Crippen LogP contribution in [-0.2, 0) is 9.59 Å². The van der Waals surface area contributed by atoms with Crippen molar-refractivity contribution in [1.29, 1.82) is 0 Å². The average Bonchev–Trinajstić information content (AvgIpc) is 2.38. The fourth-order valence-electron chi connectivity index (χ4n) is 2.19. The van der Waals surface area contributed by atoms with Gasteiger partial charge in [0.25, 0.3) is 0 Å². The van der Waals surface area contributed by atoms with Crippen LogP contribution in [0.5, 0.6) is 0 Å². The van der Waals surface area contributed by atoms with E-state index in [1.54, 1.807) is 0 Å². The van der Waals surface area contributed by atoms with E-state index in [1.807, 2.05) is 0 Å². The molecule has 106 valence electrons. The number of thioether (sulfide) groups is 1. The van der Waals surface area contributed by atoms with Gasteiger partial charge in [0.2, 0.25) is 5.91 Å². The first-order chi connectivity index (χ1) is 9.06. The Morgan fingerprint density at radius 3 is 2.89 bits per heavy atom. The molecule has 7 heteroatoms. The van der Waals surface area contributed by atoms with Crippen LogP contribution in [0.25, 0.3) is 0 Å². The molecule has 0 spiro atoms. The minimum absolute atomic E-state index is 0.107. The number of aliphatic carboxylic acids is 1. The first-order valence-electron chi connectivity index (χ1n) is 6.40. The number of aliphatic hydroxyl groups is 1. The lowest BCUT2D eigenvalue weighted by Crippen LogP contribution is -2.68. The van der Waals surface area contributed by atoms with Gasteiger partial charge in [-0.2, -0.15) is 0 Å². The standard InChI is InChI=1S/C12H18N2O4S/c1-2-3-4-5-13-8-10(16)14-6-7(15)9(12(17)18)19-11(8)14/h6,8-9,11,13,15H,2-5H2,1H3,(H,17,18)/t8?,9?,11-/m1/s1. The molecule has 0 aliphatic carbocycles. The predicted octanol–water partition coefficient (Wildman–Crippen LogP) is 0.902. The monoisotopic (exact) mass is 286 g/mol. The molecule has 1 saturated heterocycles. The summed E-state index contributed by atoms with van der Waals surface area (Å²) < 4.78 is 0. The molecular weight excluding hydrogens is 268 g/mol. The summed E-state index contributed by atoms with van der Waals surface area (Å²) in [5, 5.41) is 20.5. The van der Waals surface area contributed by atoms with Crippen LogP contribution in [0.2, 0.25) is 0 Å². The van der Waals surface area contributed by atoms with Crippen molar-refractivity contribution in [3.63, 3.8) is 0 Å². The molecule has 1 fully saturated rings. The third-order valence-electron chi connectivity index (χ3n) is 3.26. The average molecular weight is 286 g/mol. The zero-order valence-corrected chi connectivity index (χ0v) is 11.5. The van der Waals surface area contributed by atoms with Crippen molar-refractivity contribution >= 4 is 23.6 Å². The number of amides is 1. The normalized spacial score (nSPS) is 29.5. The van der Waals surface area contributed by atoms with Crippen molar-refractivity contribution in [1.82, 2.24) is 10.2 Å². The minimum Gasteiger partial charge on any atom is -0.509 e. The van der Waals surface area contributed by atoms with Gasteiger partial charge in [-0.1, -0.05) is 19.8 Å². The highest BCUT2D eigenvalue weighted by atomic mass is 32.2. The molecule has 2 unspecified atom stereocenters. The number of unbranched alkanes of at least 4 members (excludes halogenated alkanes) is 2. The summed E-state index contributed by atoms with van der Waals surface area (Å²) in [7, 11) is 0. The van der Waals surface area contributed by atoms with Gasteiger partial charge >= 0.3 is 5.97 Å². The molecular formula is C12H18N2O4S. The first-order valence-corrected chi connectivity index (χ1v) is 7.35. The van der Waals surface area contributed by atoms with Crippen LogP contribution < -0.4 is 5.32 Å². The van der Waals surface area contributed by atoms with Crippen LogP contribution >= 0.6 is 11.8 Å². The highest BCUT2D eigenvalue weighted by Crippen LogP contribution is 2.39. The molecule has 2 aliphatic heterocycles. The van der Waals surface area contributed by atoms with Crippen LogP contribution in [0.3, 0.4) is 0 Å². The second-order valence-electron chi connectivity index (χ2n) is 4.68. The van der Waals surface area contributed by atoms with Gasteiger partial charge < -0.3 is 15.5 Å². The van der Waals surface area contributed by atoms with Gasteiger partial charge in [0.15, 0.2) is 5.25 Å². The molecule has 0 radical (unpaired) electrons. The van der Waals surface area contributed by atoms with Crippen molar-refractivity contribution in [2.24, 2.45) is 0 Å². The van der Waals surface area contributed by atoms with Crippen LogP contribution in [0.1, 0.15) is 26.2 Å². The number of carboxylic acids is 1. The van der Waals surface area contributed by atoms with Gasteiger partial charge in [-0.15, -0.1) is 11.8 Å². The maximum atomic E-state index is 11.8. The number of hydrogen-bond acceptors (Lipinski definition) is 5. The largest absolute Gasteiger partial charge is 0.509 e. The second kappa shape index (κ2) is 5.83. The van der Waals surface area contributed by atoms with Crippen LogP contribution in [0, 0.1) is 0 Å². The van der Waals surface area contributed by atoms with E-state index in [1.165, 1.54) is 11.1 Å². The van der Waals surface area contributed by atoms with Crippen molar-refractivity contribution in [2.75, 3.05) is 6.54 Å². The van der Waals surface area contributed by atoms with E-state index in [9.17, 15) is 14.7 Å². The number of aliphatic hydroxyl groups excluding tert-OH is 1. The minimum atomic E-state index is -1.08. The summed E-state index contributed by atoms with van der Waals surface area (Å²) in [6.45, 7) is 2.86. The fourth-order valence-corrected chi connectivity index (χ4v) is 3.45. The Morgan fingerprint density at radius 2 is 2.26 bits per heavy atom. The van der Waals surface area contributed by atoms with Crippen LogP contribution in [0.15, 0.2) is 12.0 Å². The van der Waals surface area contributed by atoms with Crippen molar-refractivity contribution in [2.45, 2.75) is 42.9 Å². The van der Waals surface area contributed by atoms with Crippen molar-refractivity contribution in [3.05, 3.63) is 12.0 Å². The maximum Gasteiger partial charge on any atom is 0.324 e. The molecule has 3 atom stereocenters. The third-order valence-corrected chi connectivity index (χ3v) is 4.76. The van der Waals surface area contributed by atoms with E-state index < -0.39 is 11.2 Å². The molecule has 2 aliphatic rings. The zero-order valence-electron chi connectivity index (χ0n) is 10.7. The lowest BCUT2D eigenvalue weighted by Gasteiger charge is -2.48. The summed E-state index contributed by atoms with van der Waals surface area (Å²) in [6.07, 6.45) is 4.46. The summed E-state index contributed by atoms with van der Waals surface area (Å²) in [4.78, 5) is 24.2. The number of carboxylic acid groups (broad SMARTS) is 1. The van der Waals surface area contributed by atoms with Gasteiger partial charge in [0.1, 0.15) is 17.2 Å². The van der Waals surface area contributed by atoms with Crippen molar-refractivity contribution in [3.8, 4) is 0 Å². The number of carbonyl (C=O) groups is 2. The quantitative estimate of drug-likeness (QED) is 0.496. The third kappa shape index (κ3) is 2.71. The predicted molar refractivity (Wildman–Crippen MR) is 71.7 cm³/mol. The Kier molecular flexibility index (Phi) is 4.36. The Labute approximate surface area is 115 Å². The number of hydrogen-bond donors (Lipinski definition) is 3. The molecule has 19 heavy (non-hydrogen) atoms. The van der Waals surface area contributed by atoms with Gasteiger partial charge in [0, 0.05) is 6.20 Å². The SMILES string of the molecule is CCCCCNC1C(=O)N2C=C(O)C(C(=O)O)S[C@H]12. The van der Waals surface area contributed by atoms with Gasteiger partial charge in [0.05, 0.1) is 0 Å². The number of carbonyl (C=O) groups excluding carboxylic acids is 1. The molecule has 0 aromatic carbocycles. The number of fused-ring (bicyclic) bond motifs is 1. The Morgan fingerprint density at radius 1 is 1.53 bits per heavy atom.